The zero-order chi connectivity index (χ0) is 20.2. The summed E-state index contributed by atoms with van der Waals surface area (Å²) in [6, 6.07) is 0.732. The van der Waals surface area contributed by atoms with Crippen molar-refractivity contribution >= 4 is 29.2 Å². The summed E-state index contributed by atoms with van der Waals surface area (Å²) in [6.45, 7) is 1.27. The van der Waals surface area contributed by atoms with E-state index in [2.05, 4.69) is 15.0 Å². The van der Waals surface area contributed by atoms with Crippen LogP contribution in [0.5, 0.6) is 0 Å². The number of hydrogen-bond donors (Lipinski definition) is 2. The van der Waals surface area contributed by atoms with Crippen molar-refractivity contribution in [1.82, 2.24) is 10.0 Å². The lowest BCUT2D eigenvalue weighted by Gasteiger charge is -2.44. The van der Waals surface area contributed by atoms with Crippen LogP contribution in [0.15, 0.2) is 22.0 Å². The van der Waals surface area contributed by atoms with Gasteiger partial charge in [-0.25, -0.2) is 9.38 Å². The maximum atomic E-state index is 14.3. The van der Waals surface area contributed by atoms with Crippen LogP contribution in [0.4, 0.5) is 28.9 Å². The van der Waals surface area contributed by atoms with Crippen molar-refractivity contribution < 1.29 is 22.3 Å². The molecule has 2 N–H and O–H groups in total. The first kappa shape index (κ1) is 19.4. The van der Waals surface area contributed by atoms with E-state index >= 15 is 0 Å². The Labute approximate surface area is 170 Å². The molecule has 5 nitrogen and oxygen atoms in total. The fraction of sp³-hybridized carbons (Fsp3) is 0.632. The highest BCUT2D eigenvalue weighted by molar-refractivity contribution is 7.98. The summed E-state index contributed by atoms with van der Waals surface area (Å²) < 4.78 is 64.5. The second kappa shape index (κ2) is 7.31. The molecule has 0 bridgehead atoms. The average molecular weight is 430 g/mol. The third-order valence-electron chi connectivity index (χ3n) is 5.88. The van der Waals surface area contributed by atoms with Crippen molar-refractivity contribution in [3.8, 4) is 0 Å². The summed E-state index contributed by atoms with van der Waals surface area (Å²) in [6.07, 6.45) is -1.90. The van der Waals surface area contributed by atoms with E-state index in [4.69, 9.17) is 4.74 Å². The van der Waals surface area contributed by atoms with Gasteiger partial charge < -0.3 is 19.7 Å². The Bertz CT molecular complexity index is 825. The van der Waals surface area contributed by atoms with Gasteiger partial charge in [0.25, 0.3) is 0 Å². The molecule has 0 amide bonds. The Hall–Kier alpha value is -1.52. The molecule has 10 heteroatoms. The first-order valence-corrected chi connectivity index (χ1v) is 10.7. The number of hydrogen-bond acceptors (Lipinski definition) is 6. The summed E-state index contributed by atoms with van der Waals surface area (Å²) in [5.41, 5.74) is 0.685. The Morgan fingerprint density at radius 3 is 2.62 bits per heavy atom. The van der Waals surface area contributed by atoms with Crippen molar-refractivity contribution in [2.45, 2.75) is 54.9 Å². The molecule has 0 radical (unpaired) electrons. The molecule has 2 saturated heterocycles. The molecule has 1 saturated carbocycles. The van der Waals surface area contributed by atoms with Crippen molar-refractivity contribution in [2.24, 2.45) is 10.9 Å². The molecule has 3 heterocycles. The zero-order valence-electron chi connectivity index (χ0n) is 15.6. The smallest absolute Gasteiger partial charge is 0.378 e. The second-order valence-corrected chi connectivity index (χ2v) is 8.97. The van der Waals surface area contributed by atoms with E-state index in [0.717, 1.165) is 18.7 Å². The number of halogens is 4. The van der Waals surface area contributed by atoms with Gasteiger partial charge in [-0.15, -0.1) is 0 Å². The van der Waals surface area contributed by atoms with Crippen LogP contribution in [0.3, 0.4) is 0 Å². The van der Waals surface area contributed by atoms with Gasteiger partial charge in [0.15, 0.2) is 0 Å². The van der Waals surface area contributed by atoms with Crippen LogP contribution in [0.1, 0.15) is 25.7 Å². The Morgan fingerprint density at radius 2 is 1.97 bits per heavy atom. The number of rotatable bonds is 4. The second-order valence-electron chi connectivity index (χ2n) is 8.12. The van der Waals surface area contributed by atoms with E-state index in [9.17, 15) is 17.6 Å². The van der Waals surface area contributed by atoms with Crippen molar-refractivity contribution in [3.05, 3.63) is 17.9 Å². The van der Waals surface area contributed by atoms with Crippen LogP contribution >= 0.6 is 11.9 Å². The van der Waals surface area contributed by atoms with E-state index in [1.54, 1.807) is 0 Å². The van der Waals surface area contributed by atoms with Gasteiger partial charge in [0, 0.05) is 18.5 Å². The highest BCUT2D eigenvalue weighted by atomic mass is 32.2. The van der Waals surface area contributed by atoms with E-state index in [1.165, 1.54) is 29.0 Å². The van der Waals surface area contributed by atoms with Gasteiger partial charge in [0.1, 0.15) is 23.4 Å². The number of nitrogens with one attached hydrogen (secondary N) is 2. The largest absolute Gasteiger partial charge is 0.408 e. The minimum atomic E-state index is -4.42. The number of fused-ring (bicyclic) bond motifs is 1. The molecule has 1 aliphatic carbocycles. The van der Waals surface area contributed by atoms with Crippen LogP contribution in [0.2, 0.25) is 0 Å². The molecule has 5 rings (SSSR count). The summed E-state index contributed by atoms with van der Waals surface area (Å²) >= 11 is 1.23. The SMILES string of the molecule is Fc1cc2c(c(N3CCC(NC4COC4)C[C@H]3C(F)(F)F)c1)N=C(C1CC1)NS2. The van der Waals surface area contributed by atoms with Gasteiger partial charge in [-0.2, -0.15) is 13.2 Å². The fourth-order valence-corrected chi connectivity index (χ4v) is 4.98. The van der Waals surface area contributed by atoms with Gasteiger partial charge >= 0.3 is 6.18 Å². The molecule has 1 aromatic carbocycles. The molecule has 3 fully saturated rings. The lowest BCUT2D eigenvalue weighted by atomic mass is 9.94. The molecule has 1 aromatic rings. The molecule has 0 spiro atoms. The third-order valence-corrected chi connectivity index (χ3v) is 6.72. The number of piperidine rings is 1. The van der Waals surface area contributed by atoms with E-state index in [-0.39, 0.29) is 30.7 Å². The Balaban J connectivity index is 1.47. The standard InChI is InChI=1S/C19H22F4N4OS/c20-11-5-14(17-15(6-11)29-26-18(25-17)10-1-2-10)27-4-3-12(24-13-8-28-9-13)7-16(27)19(21,22)23/h5-6,10,12-13,16,24H,1-4,7-9H2,(H,25,26)/t12?,16-/m0/s1. The van der Waals surface area contributed by atoms with Gasteiger partial charge in [0.05, 0.1) is 29.8 Å². The molecule has 3 aliphatic heterocycles. The number of benzene rings is 1. The lowest BCUT2D eigenvalue weighted by Crippen LogP contribution is -2.59. The molecule has 0 aromatic heterocycles. The number of ether oxygens (including phenoxy) is 1. The minimum Gasteiger partial charge on any atom is -0.378 e. The monoisotopic (exact) mass is 430 g/mol. The molecule has 2 atom stereocenters. The number of anilines is 1. The summed E-state index contributed by atoms with van der Waals surface area (Å²) in [5.74, 6) is 0.554. The number of aliphatic imine (C=N–C) groups is 1. The normalized spacial score (nSPS) is 27.7. The molecular formula is C19H22F4N4OS. The first-order valence-electron chi connectivity index (χ1n) is 9.90. The Kier molecular flexibility index (Phi) is 4.90. The van der Waals surface area contributed by atoms with Crippen molar-refractivity contribution in [3.63, 3.8) is 0 Å². The quantitative estimate of drug-likeness (QED) is 0.563. The van der Waals surface area contributed by atoms with Gasteiger partial charge in [-0.3, -0.25) is 0 Å². The third kappa shape index (κ3) is 3.94. The fourth-order valence-electron chi connectivity index (χ4n) is 4.13. The zero-order valence-corrected chi connectivity index (χ0v) is 16.5. The van der Waals surface area contributed by atoms with Gasteiger partial charge in [-0.05, 0) is 49.8 Å². The number of amidine groups is 1. The summed E-state index contributed by atoms with van der Waals surface area (Å²) in [5, 5.41) is 3.27. The van der Waals surface area contributed by atoms with E-state index in [0.29, 0.717) is 36.1 Å². The first-order chi connectivity index (χ1) is 13.9. The molecular weight excluding hydrogens is 408 g/mol. The van der Waals surface area contributed by atoms with Crippen LogP contribution in [0, 0.1) is 11.7 Å². The van der Waals surface area contributed by atoms with Crippen molar-refractivity contribution in [1.29, 1.82) is 0 Å². The average Bonchev–Trinajstić information content (AvgIpc) is 3.48. The lowest BCUT2D eigenvalue weighted by molar-refractivity contribution is -0.154. The molecule has 1 unspecified atom stereocenters. The Morgan fingerprint density at radius 1 is 1.17 bits per heavy atom. The van der Waals surface area contributed by atoms with Crippen molar-refractivity contribution in [2.75, 3.05) is 24.7 Å². The van der Waals surface area contributed by atoms with Gasteiger partial charge in [-0.1, -0.05) is 0 Å². The van der Waals surface area contributed by atoms with Crippen LogP contribution < -0.4 is 14.9 Å². The topological polar surface area (TPSA) is 48.9 Å². The van der Waals surface area contributed by atoms with Gasteiger partial charge in [0.2, 0.25) is 0 Å². The molecule has 29 heavy (non-hydrogen) atoms. The highest BCUT2D eigenvalue weighted by Crippen LogP contribution is 2.46. The summed E-state index contributed by atoms with van der Waals surface area (Å²) in [4.78, 5) is 6.43. The molecule has 158 valence electrons. The summed E-state index contributed by atoms with van der Waals surface area (Å²) in [7, 11) is 0. The van der Waals surface area contributed by atoms with Crippen LogP contribution in [-0.2, 0) is 4.74 Å². The number of alkyl halides is 3. The van der Waals surface area contributed by atoms with Crippen LogP contribution in [0.25, 0.3) is 0 Å². The predicted octanol–water partition coefficient (Wildman–Crippen LogP) is 3.76. The predicted molar refractivity (Wildman–Crippen MR) is 103 cm³/mol. The van der Waals surface area contributed by atoms with Crippen LogP contribution in [-0.4, -0.2) is 49.9 Å². The minimum absolute atomic E-state index is 0.0735. The molecule has 4 aliphatic rings. The van der Waals surface area contributed by atoms with E-state index in [1.807, 2.05) is 0 Å². The maximum Gasteiger partial charge on any atom is 0.408 e. The maximum absolute atomic E-state index is 14.3. The number of nitrogens with zero attached hydrogens (tertiary/aromatic N) is 2. The van der Waals surface area contributed by atoms with E-state index < -0.39 is 18.0 Å². The highest BCUT2D eigenvalue weighted by Gasteiger charge is 2.48.